The average Bonchev–Trinajstić information content (AvgIpc) is 2.53. The van der Waals surface area contributed by atoms with Crippen LogP contribution < -0.4 is 10.2 Å². The molecule has 0 aliphatic carbocycles. The predicted molar refractivity (Wildman–Crippen MR) is 91.8 cm³/mol. The van der Waals surface area contributed by atoms with E-state index in [4.69, 9.17) is 4.98 Å². The van der Waals surface area contributed by atoms with Gasteiger partial charge in [0.25, 0.3) is 0 Å². The Hall–Kier alpha value is -1.87. The monoisotopic (exact) mass is 283 g/mol. The molecule has 1 heterocycles. The van der Waals surface area contributed by atoms with Gasteiger partial charge in [-0.05, 0) is 30.8 Å². The number of rotatable bonds is 8. The highest BCUT2D eigenvalue weighted by atomic mass is 15.2. The van der Waals surface area contributed by atoms with Crippen LogP contribution in [0.25, 0.3) is 10.8 Å². The van der Waals surface area contributed by atoms with Gasteiger partial charge in [-0.25, -0.2) is 4.98 Å². The second-order valence-electron chi connectivity index (χ2n) is 5.16. The van der Waals surface area contributed by atoms with E-state index in [0.717, 1.165) is 38.4 Å². The van der Waals surface area contributed by atoms with Crippen molar-refractivity contribution in [3.63, 3.8) is 0 Å². The van der Waals surface area contributed by atoms with Gasteiger partial charge in [-0.3, -0.25) is 0 Å². The van der Waals surface area contributed by atoms with Gasteiger partial charge in [0.15, 0.2) is 0 Å². The highest BCUT2D eigenvalue weighted by Gasteiger charge is 2.11. The summed E-state index contributed by atoms with van der Waals surface area (Å²) in [5.41, 5.74) is 1.26. The van der Waals surface area contributed by atoms with Gasteiger partial charge in [0.2, 0.25) is 0 Å². The van der Waals surface area contributed by atoms with E-state index >= 15 is 0 Å². The second kappa shape index (κ2) is 7.79. The third-order valence-electron chi connectivity index (χ3n) is 3.63. The van der Waals surface area contributed by atoms with Crippen molar-refractivity contribution in [3.05, 3.63) is 48.7 Å². The minimum Gasteiger partial charge on any atom is -0.353 e. The van der Waals surface area contributed by atoms with Crippen molar-refractivity contribution >= 4 is 16.6 Å². The molecule has 1 aromatic carbocycles. The average molecular weight is 283 g/mol. The van der Waals surface area contributed by atoms with Gasteiger partial charge in [-0.1, -0.05) is 37.3 Å². The fourth-order valence-corrected chi connectivity index (χ4v) is 2.55. The number of pyridine rings is 1. The Morgan fingerprint density at radius 1 is 1.24 bits per heavy atom. The first-order valence-electron chi connectivity index (χ1n) is 7.75. The molecule has 3 heteroatoms. The van der Waals surface area contributed by atoms with Crippen molar-refractivity contribution in [2.45, 2.75) is 26.8 Å². The van der Waals surface area contributed by atoms with E-state index in [1.54, 1.807) is 0 Å². The quantitative estimate of drug-likeness (QED) is 0.591. The number of hydrogen-bond acceptors (Lipinski definition) is 3. The summed E-state index contributed by atoms with van der Waals surface area (Å²) in [5.74, 6) is 1.05. The first-order chi connectivity index (χ1) is 10.3. The Labute approximate surface area is 127 Å². The van der Waals surface area contributed by atoms with Crippen LogP contribution in [-0.4, -0.2) is 24.6 Å². The summed E-state index contributed by atoms with van der Waals surface area (Å²) in [4.78, 5) is 6.96. The molecule has 0 saturated heterocycles. The largest absolute Gasteiger partial charge is 0.353 e. The zero-order chi connectivity index (χ0) is 15.1. The summed E-state index contributed by atoms with van der Waals surface area (Å²) in [5, 5.41) is 5.97. The Kier molecular flexibility index (Phi) is 5.76. The van der Waals surface area contributed by atoms with E-state index in [2.05, 4.69) is 54.9 Å². The van der Waals surface area contributed by atoms with Gasteiger partial charge in [-0.2, -0.15) is 0 Å². The van der Waals surface area contributed by atoms with Crippen LogP contribution in [0.2, 0.25) is 0 Å². The molecule has 0 aliphatic rings. The lowest BCUT2D eigenvalue weighted by Gasteiger charge is -2.22. The van der Waals surface area contributed by atoms with Gasteiger partial charge in [0.1, 0.15) is 5.82 Å². The summed E-state index contributed by atoms with van der Waals surface area (Å²) in [7, 11) is 0. The van der Waals surface area contributed by atoms with Crippen LogP contribution in [0.1, 0.15) is 25.8 Å². The molecule has 0 aliphatic heterocycles. The SMILES string of the molecule is C=CCN(CC)c1ncc(CNCCC)c2ccccc12. The molecule has 0 unspecified atom stereocenters. The van der Waals surface area contributed by atoms with E-state index < -0.39 is 0 Å². The number of aromatic nitrogens is 1. The number of fused-ring (bicyclic) bond motifs is 1. The van der Waals surface area contributed by atoms with Crippen molar-refractivity contribution < 1.29 is 0 Å². The number of benzene rings is 1. The first-order valence-corrected chi connectivity index (χ1v) is 7.75. The van der Waals surface area contributed by atoms with Crippen molar-refractivity contribution in [3.8, 4) is 0 Å². The molecule has 1 N–H and O–H groups in total. The topological polar surface area (TPSA) is 28.2 Å². The third-order valence-corrected chi connectivity index (χ3v) is 3.63. The number of nitrogens with zero attached hydrogens (tertiary/aromatic N) is 2. The molecule has 0 atom stereocenters. The molecule has 1 aromatic heterocycles. The maximum absolute atomic E-state index is 4.71. The summed E-state index contributed by atoms with van der Waals surface area (Å²) in [6, 6.07) is 8.52. The molecule has 2 rings (SSSR count). The zero-order valence-corrected chi connectivity index (χ0v) is 13.1. The van der Waals surface area contributed by atoms with Gasteiger partial charge in [0, 0.05) is 31.2 Å². The standard InChI is InChI=1S/C18H25N3/c1-4-11-19-13-15-14-20-18(21(6-3)12-5-2)17-10-8-7-9-16(15)17/h5,7-10,14,19H,2,4,6,11-13H2,1,3H3. The van der Waals surface area contributed by atoms with Gasteiger partial charge in [0.05, 0.1) is 0 Å². The summed E-state index contributed by atoms with van der Waals surface area (Å²) in [6.07, 6.45) is 5.08. The van der Waals surface area contributed by atoms with Crippen LogP contribution in [0.5, 0.6) is 0 Å². The summed E-state index contributed by atoms with van der Waals surface area (Å²) in [6.45, 7) is 11.8. The van der Waals surface area contributed by atoms with Crippen LogP contribution in [-0.2, 0) is 6.54 Å². The van der Waals surface area contributed by atoms with Gasteiger partial charge < -0.3 is 10.2 Å². The van der Waals surface area contributed by atoms with Crippen LogP contribution >= 0.6 is 0 Å². The molecule has 21 heavy (non-hydrogen) atoms. The number of hydrogen-bond donors (Lipinski definition) is 1. The van der Waals surface area contributed by atoms with Crippen molar-refractivity contribution in [1.82, 2.24) is 10.3 Å². The molecule has 0 amide bonds. The molecule has 0 bridgehead atoms. The zero-order valence-electron chi connectivity index (χ0n) is 13.1. The van der Waals surface area contributed by atoms with Crippen LogP contribution in [0.4, 0.5) is 5.82 Å². The van der Waals surface area contributed by atoms with E-state index in [0.29, 0.717) is 0 Å². The Morgan fingerprint density at radius 2 is 2.00 bits per heavy atom. The maximum atomic E-state index is 4.71. The molecule has 3 nitrogen and oxygen atoms in total. The van der Waals surface area contributed by atoms with Gasteiger partial charge in [-0.15, -0.1) is 6.58 Å². The lowest BCUT2D eigenvalue weighted by atomic mass is 10.1. The van der Waals surface area contributed by atoms with E-state index in [1.807, 2.05) is 12.3 Å². The van der Waals surface area contributed by atoms with Crippen molar-refractivity contribution in [1.29, 1.82) is 0 Å². The molecule has 112 valence electrons. The number of anilines is 1. The van der Waals surface area contributed by atoms with Crippen LogP contribution in [0.3, 0.4) is 0 Å². The maximum Gasteiger partial charge on any atom is 0.136 e. The third kappa shape index (κ3) is 3.61. The van der Waals surface area contributed by atoms with Crippen LogP contribution in [0, 0.1) is 0 Å². The fraction of sp³-hybridized carbons (Fsp3) is 0.389. The molecule has 0 saturated carbocycles. The Balaban J connectivity index is 2.41. The van der Waals surface area contributed by atoms with E-state index in [-0.39, 0.29) is 0 Å². The van der Waals surface area contributed by atoms with Crippen molar-refractivity contribution in [2.24, 2.45) is 0 Å². The predicted octanol–water partition coefficient (Wildman–Crippen LogP) is 3.75. The molecular formula is C18H25N3. The highest BCUT2D eigenvalue weighted by Crippen LogP contribution is 2.27. The molecule has 0 spiro atoms. The molecule has 2 aromatic rings. The number of nitrogens with one attached hydrogen (secondary N) is 1. The van der Waals surface area contributed by atoms with E-state index in [9.17, 15) is 0 Å². The molecular weight excluding hydrogens is 258 g/mol. The lowest BCUT2D eigenvalue weighted by Crippen LogP contribution is -2.24. The fourth-order valence-electron chi connectivity index (χ4n) is 2.55. The second-order valence-corrected chi connectivity index (χ2v) is 5.16. The molecule has 0 fully saturated rings. The van der Waals surface area contributed by atoms with Crippen molar-refractivity contribution in [2.75, 3.05) is 24.5 Å². The Morgan fingerprint density at radius 3 is 2.67 bits per heavy atom. The minimum atomic E-state index is 0.820. The van der Waals surface area contributed by atoms with Crippen LogP contribution in [0.15, 0.2) is 43.1 Å². The lowest BCUT2D eigenvalue weighted by molar-refractivity contribution is 0.676. The van der Waals surface area contributed by atoms with Gasteiger partial charge >= 0.3 is 0 Å². The minimum absolute atomic E-state index is 0.820. The summed E-state index contributed by atoms with van der Waals surface area (Å²) >= 11 is 0. The Bertz CT molecular complexity index is 592. The smallest absolute Gasteiger partial charge is 0.136 e. The summed E-state index contributed by atoms with van der Waals surface area (Å²) < 4.78 is 0. The molecule has 0 radical (unpaired) electrons. The van der Waals surface area contributed by atoms with E-state index in [1.165, 1.54) is 16.3 Å². The first kappa shape index (κ1) is 15.5. The number of likely N-dealkylation sites (N-methyl/N-ethyl adjacent to an activating group) is 1. The normalized spacial score (nSPS) is 10.8. The highest BCUT2D eigenvalue weighted by molar-refractivity contribution is 5.94.